The zero-order chi connectivity index (χ0) is 19.5. The van der Waals surface area contributed by atoms with Crippen LogP contribution in [0, 0.1) is 12.8 Å². The van der Waals surface area contributed by atoms with Gasteiger partial charge in [-0.1, -0.05) is 48.8 Å². The molecule has 0 aliphatic carbocycles. The zero-order valence-corrected chi connectivity index (χ0v) is 16.8. The van der Waals surface area contributed by atoms with Gasteiger partial charge in [-0.05, 0) is 24.8 Å². The first-order valence-electron chi connectivity index (χ1n) is 8.05. The molecular weight excluding hydrogens is 378 g/mol. The minimum Gasteiger partial charge on any atom is -0.411 e. The molecule has 0 saturated carbocycles. The minimum atomic E-state index is -3.69. The van der Waals surface area contributed by atoms with Crippen molar-refractivity contribution in [1.29, 1.82) is 0 Å². The third kappa shape index (κ3) is 5.89. The maximum absolute atomic E-state index is 12.5. The summed E-state index contributed by atoms with van der Waals surface area (Å²) in [6, 6.07) is 6.38. The molecular formula is C16H23N3O5S2. The fraction of sp³-hybridized carbons (Fsp3) is 0.500. The van der Waals surface area contributed by atoms with Crippen molar-refractivity contribution in [2.24, 2.45) is 5.92 Å². The third-order valence-electron chi connectivity index (χ3n) is 3.54. The van der Waals surface area contributed by atoms with Gasteiger partial charge in [0.05, 0.1) is 5.75 Å². The second-order valence-corrected chi connectivity index (χ2v) is 10.4. The number of nitrogens with zero attached hydrogens (tertiary/aromatic N) is 2. The molecule has 0 fully saturated rings. The molecule has 8 nitrogen and oxygen atoms in total. The Kier molecular flexibility index (Phi) is 6.20. The summed E-state index contributed by atoms with van der Waals surface area (Å²) in [4.78, 5) is 0. The van der Waals surface area contributed by atoms with Crippen molar-refractivity contribution in [2.75, 3.05) is 6.26 Å². The molecule has 144 valence electrons. The van der Waals surface area contributed by atoms with Gasteiger partial charge < -0.3 is 4.42 Å². The van der Waals surface area contributed by atoms with Crippen molar-refractivity contribution < 1.29 is 21.3 Å². The van der Waals surface area contributed by atoms with Crippen molar-refractivity contribution in [1.82, 2.24) is 14.9 Å². The number of hydrogen-bond donors (Lipinski definition) is 1. The van der Waals surface area contributed by atoms with Crippen LogP contribution in [0.3, 0.4) is 0 Å². The number of sulfone groups is 1. The van der Waals surface area contributed by atoms with Gasteiger partial charge >= 0.3 is 5.22 Å². The van der Waals surface area contributed by atoms with E-state index in [1.807, 2.05) is 32.9 Å². The lowest BCUT2D eigenvalue weighted by atomic mass is 10.0. The Morgan fingerprint density at radius 2 is 1.69 bits per heavy atom. The largest absolute Gasteiger partial charge is 0.411 e. The molecule has 0 spiro atoms. The van der Waals surface area contributed by atoms with Gasteiger partial charge in [-0.3, -0.25) is 0 Å². The number of hydrogen-bond acceptors (Lipinski definition) is 7. The highest BCUT2D eigenvalue weighted by Gasteiger charge is 2.27. The van der Waals surface area contributed by atoms with Crippen LogP contribution in [-0.4, -0.2) is 33.3 Å². The summed E-state index contributed by atoms with van der Waals surface area (Å²) in [6.07, 6.45) is 1.34. The van der Waals surface area contributed by atoms with E-state index in [0.717, 1.165) is 11.8 Å². The van der Waals surface area contributed by atoms with Crippen LogP contribution < -0.4 is 4.72 Å². The summed E-state index contributed by atoms with van der Waals surface area (Å²) in [5, 5.41) is 6.69. The lowest BCUT2D eigenvalue weighted by Gasteiger charge is -2.17. The van der Waals surface area contributed by atoms with Crippen molar-refractivity contribution in [3.05, 3.63) is 41.3 Å². The number of aromatic nitrogens is 2. The van der Waals surface area contributed by atoms with Crippen LogP contribution in [0.25, 0.3) is 0 Å². The molecule has 1 aromatic carbocycles. The molecule has 0 saturated heterocycles. The molecule has 1 heterocycles. The number of benzene rings is 1. The van der Waals surface area contributed by atoms with E-state index in [1.165, 1.54) is 0 Å². The van der Waals surface area contributed by atoms with Crippen LogP contribution in [0.15, 0.2) is 33.9 Å². The molecule has 0 unspecified atom stereocenters. The molecule has 1 N–H and O–H groups in total. The Bertz CT molecular complexity index is 948. The summed E-state index contributed by atoms with van der Waals surface area (Å²) < 4.78 is 55.8. The zero-order valence-electron chi connectivity index (χ0n) is 15.1. The second kappa shape index (κ2) is 7.85. The van der Waals surface area contributed by atoms with Crippen LogP contribution >= 0.6 is 0 Å². The van der Waals surface area contributed by atoms with Gasteiger partial charge in [0, 0.05) is 6.26 Å². The van der Waals surface area contributed by atoms with Gasteiger partial charge in [0.1, 0.15) is 6.04 Å². The monoisotopic (exact) mass is 401 g/mol. The molecule has 0 aliphatic heterocycles. The van der Waals surface area contributed by atoms with Crippen molar-refractivity contribution in [3.8, 4) is 0 Å². The molecule has 10 heteroatoms. The van der Waals surface area contributed by atoms with Crippen molar-refractivity contribution in [2.45, 2.75) is 44.2 Å². The topological polar surface area (TPSA) is 119 Å². The predicted molar refractivity (Wildman–Crippen MR) is 96.5 cm³/mol. The molecule has 1 atom stereocenters. The average Bonchev–Trinajstić information content (AvgIpc) is 2.98. The molecule has 0 amide bonds. The summed E-state index contributed by atoms with van der Waals surface area (Å²) in [5.41, 5.74) is 1.68. The van der Waals surface area contributed by atoms with Gasteiger partial charge in [-0.25, -0.2) is 21.6 Å². The quantitative estimate of drug-likeness (QED) is 0.718. The molecule has 0 radical (unpaired) electrons. The fourth-order valence-corrected chi connectivity index (χ4v) is 4.11. The Labute approximate surface area is 154 Å². The first kappa shape index (κ1) is 20.5. The van der Waals surface area contributed by atoms with E-state index in [-0.39, 0.29) is 17.6 Å². The van der Waals surface area contributed by atoms with Crippen LogP contribution in [0.4, 0.5) is 0 Å². The lowest BCUT2D eigenvalue weighted by Crippen LogP contribution is -2.31. The number of rotatable bonds is 8. The summed E-state index contributed by atoms with van der Waals surface area (Å²) in [6.45, 7) is 5.74. The van der Waals surface area contributed by atoms with E-state index in [4.69, 9.17) is 4.42 Å². The molecule has 26 heavy (non-hydrogen) atoms. The maximum Gasteiger partial charge on any atom is 0.335 e. The summed E-state index contributed by atoms with van der Waals surface area (Å²) >= 11 is 0. The smallest absolute Gasteiger partial charge is 0.335 e. The van der Waals surface area contributed by atoms with Crippen LogP contribution in [0.5, 0.6) is 0 Å². The maximum atomic E-state index is 12.5. The van der Waals surface area contributed by atoms with Crippen LogP contribution in [0.2, 0.25) is 0 Å². The predicted octanol–water partition coefficient (Wildman–Crippen LogP) is 1.99. The van der Waals surface area contributed by atoms with Crippen molar-refractivity contribution >= 4 is 19.9 Å². The number of aryl methyl sites for hydroxylation is 1. The third-order valence-corrected chi connectivity index (χ3v) is 5.70. The molecule has 0 aliphatic rings. The minimum absolute atomic E-state index is 0.0633. The molecule has 1 aromatic heterocycles. The number of nitrogens with one attached hydrogen (secondary N) is 1. The van der Waals surface area contributed by atoms with E-state index in [1.54, 1.807) is 12.1 Å². The number of sulfonamides is 1. The second-order valence-electron chi connectivity index (χ2n) is 6.72. The van der Waals surface area contributed by atoms with E-state index >= 15 is 0 Å². The standard InChI is InChI=1S/C16H23N3O5S2/c1-11(2)9-14(15-17-18-16(24-15)25(4,20)21)19-26(22,23)10-13-7-5-12(3)6-8-13/h5-8,11,14,19H,9-10H2,1-4H3/t14-/m0/s1. The SMILES string of the molecule is Cc1ccc(CS(=O)(=O)N[C@@H](CC(C)C)c2nnc(S(C)(=O)=O)o2)cc1. The van der Waals surface area contributed by atoms with E-state index < -0.39 is 31.1 Å². The summed E-state index contributed by atoms with van der Waals surface area (Å²) in [5.74, 6) is -0.142. The van der Waals surface area contributed by atoms with Crippen LogP contribution in [-0.2, 0) is 25.6 Å². The highest BCUT2D eigenvalue weighted by molar-refractivity contribution is 7.90. The van der Waals surface area contributed by atoms with E-state index in [2.05, 4.69) is 14.9 Å². The van der Waals surface area contributed by atoms with E-state index in [0.29, 0.717) is 12.0 Å². The molecule has 2 rings (SSSR count). The Morgan fingerprint density at radius 3 is 2.19 bits per heavy atom. The van der Waals surface area contributed by atoms with Gasteiger partial charge in [0.2, 0.25) is 25.8 Å². The Morgan fingerprint density at radius 1 is 1.08 bits per heavy atom. The lowest BCUT2D eigenvalue weighted by molar-refractivity contribution is 0.340. The van der Waals surface area contributed by atoms with Gasteiger partial charge in [-0.15, -0.1) is 5.10 Å². The highest BCUT2D eigenvalue weighted by Crippen LogP contribution is 2.23. The molecule has 2 aromatic rings. The van der Waals surface area contributed by atoms with Crippen LogP contribution in [0.1, 0.15) is 43.3 Å². The van der Waals surface area contributed by atoms with Gasteiger partial charge in [0.15, 0.2) is 0 Å². The van der Waals surface area contributed by atoms with Gasteiger partial charge in [-0.2, -0.15) is 0 Å². The van der Waals surface area contributed by atoms with Gasteiger partial charge in [0.25, 0.3) is 0 Å². The fourth-order valence-electron chi connectivity index (χ4n) is 2.34. The summed E-state index contributed by atoms with van der Waals surface area (Å²) in [7, 11) is -7.35. The highest BCUT2D eigenvalue weighted by atomic mass is 32.2. The van der Waals surface area contributed by atoms with E-state index in [9.17, 15) is 16.8 Å². The Balaban J connectivity index is 2.23. The molecule has 0 bridgehead atoms. The van der Waals surface area contributed by atoms with Crippen molar-refractivity contribution in [3.63, 3.8) is 0 Å². The normalized spacial score (nSPS) is 13.9. The Hall–Kier alpha value is -1.78. The first-order chi connectivity index (χ1) is 12.0. The first-order valence-corrected chi connectivity index (χ1v) is 11.6. The average molecular weight is 402 g/mol.